The highest BCUT2D eigenvalue weighted by Crippen LogP contribution is 2.43. The molecular weight excluding hydrogens is 398 g/mol. The van der Waals surface area contributed by atoms with E-state index in [1.165, 1.54) is 18.1 Å². The van der Waals surface area contributed by atoms with Crippen molar-refractivity contribution >= 4 is 34.3 Å². The molecule has 5 rings (SSSR count). The average Bonchev–Trinajstić information content (AvgIpc) is 2.96. The van der Waals surface area contributed by atoms with E-state index in [1.807, 2.05) is 72.8 Å². The Morgan fingerprint density at radius 3 is 2.24 bits per heavy atom. The van der Waals surface area contributed by atoms with Crippen LogP contribution < -0.4 is 0 Å². The van der Waals surface area contributed by atoms with E-state index in [9.17, 15) is 4.55 Å². The highest BCUT2D eigenvalue weighted by molar-refractivity contribution is 7.99. The van der Waals surface area contributed by atoms with Crippen LogP contribution in [0.1, 0.15) is 11.1 Å². The standard InChI is InChI=1S/C23H15N3OS2/c27-29(17-11-5-2-6-12-17)23-21-22(24-15-25-23)28-19-14-8-7-13-18(19)20(26-21)16-9-3-1-4-10-16/h1-15H. The van der Waals surface area contributed by atoms with Gasteiger partial charge in [0.05, 0.1) is 5.71 Å². The number of benzene rings is 3. The van der Waals surface area contributed by atoms with Crippen molar-refractivity contribution in [3.63, 3.8) is 0 Å². The summed E-state index contributed by atoms with van der Waals surface area (Å²) in [7, 11) is 0. The highest BCUT2D eigenvalue weighted by atomic mass is 32.2. The van der Waals surface area contributed by atoms with Gasteiger partial charge in [-0.2, -0.15) is 4.98 Å². The monoisotopic (exact) mass is 413 g/mol. The van der Waals surface area contributed by atoms with Crippen molar-refractivity contribution in [2.24, 2.45) is 4.99 Å². The molecule has 140 valence electrons. The zero-order chi connectivity index (χ0) is 19.6. The third kappa shape index (κ3) is 3.46. The van der Waals surface area contributed by atoms with Gasteiger partial charge in [-0.1, -0.05) is 78.5 Å². The number of hydrogen-bond acceptors (Lipinski definition) is 5. The maximum atomic E-state index is 13.3. The second-order valence-corrected chi connectivity index (χ2v) is 8.77. The minimum atomic E-state index is -1.45. The van der Waals surface area contributed by atoms with Crippen LogP contribution in [0.4, 0.5) is 5.69 Å². The number of fused-ring (bicyclic) bond motifs is 2. The Labute approximate surface area is 176 Å². The molecule has 4 aromatic rings. The topological polar surface area (TPSA) is 61.2 Å². The molecule has 0 aliphatic carbocycles. The fraction of sp³-hybridized carbons (Fsp3) is 0. The SMILES string of the molecule is [O-][S+](c1ccccc1)c1ncnc2c1N=C(c1ccccc1)c1ccccc1S2. The van der Waals surface area contributed by atoms with E-state index >= 15 is 0 Å². The molecule has 1 aliphatic rings. The van der Waals surface area contributed by atoms with Crippen LogP contribution in [0.25, 0.3) is 0 Å². The number of hydrogen-bond donors (Lipinski definition) is 0. The van der Waals surface area contributed by atoms with Crippen molar-refractivity contribution in [1.29, 1.82) is 0 Å². The molecule has 1 aromatic heterocycles. The van der Waals surface area contributed by atoms with E-state index < -0.39 is 11.2 Å². The third-order valence-electron chi connectivity index (χ3n) is 4.51. The van der Waals surface area contributed by atoms with Crippen molar-refractivity contribution in [3.05, 3.63) is 102 Å². The summed E-state index contributed by atoms with van der Waals surface area (Å²) in [4.78, 5) is 15.5. The second-order valence-electron chi connectivity index (χ2n) is 6.34. The molecule has 2 heterocycles. The van der Waals surface area contributed by atoms with Crippen LogP contribution in [0, 0.1) is 0 Å². The van der Waals surface area contributed by atoms with Gasteiger partial charge in [0, 0.05) is 27.2 Å². The summed E-state index contributed by atoms with van der Waals surface area (Å²) < 4.78 is 13.3. The van der Waals surface area contributed by atoms with Crippen molar-refractivity contribution in [2.45, 2.75) is 19.8 Å². The molecule has 0 N–H and O–H groups in total. The predicted molar refractivity (Wildman–Crippen MR) is 115 cm³/mol. The van der Waals surface area contributed by atoms with Crippen molar-refractivity contribution in [2.75, 3.05) is 0 Å². The Kier molecular flexibility index (Phi) is 4.89. The molecule has 0 saturated heterocycles. The second kappa shape index (κ2) is 7.83. The molecule has 1 unspecified atom stereocenters. The first-order valence-corrected chi connectivity index (χ1v) is 11.0. The lowest BCUT2D eigenvalue weighted by Crippen LogP contribution is -2.07. The van der Waals surface area contributed by atoms with Crippen molar-refractivity contribution in [3.8, 4) is 0 Å². The molecule has 1 aliphatic heterocycles. The van der Waals surface area contributed by atoms with Gasteiger partial charge in [0.2, 0.25) is 0 Å². The molecular formula is C23H15N3OS2. The first kappa shape index (κ1) is 18.1. The lowest BCUT2D eigenvalue weighted by Gasteiger charge is -2.11. The normalized spacial score (nSPS) is 13.6. The van der Waals surface area contributed by atoms with Crippen molar-refractivity contribution in [1.82, 2.24) is 9.97 Å². The Bertz CT molecular complexity index is 1200. The van der Waals surface area contributed by atoms with E-state index in [4.69, 9.17) is 4.99 Å². The molecule has 0 spiro atoms. The highest BCUT2D eigenvalue weighted by Gasteiger charge is 2.28. The van der Waals surface area contributed by atoms with E-state index in [0.29, 0.717) is 20.6 Å². The third-order valence-corrected chi connectivity index (χ3v) is 6.93. The van der Waals surface area contributed by atoms with E-state index in [-0.39, 0.29) is 0 Å². The maximum absolute atomic E-state index is 13.3. The minimum Gasteiger partial charge on any atom is -0.605 e. The average molecular weight is 414 g/mol. The van der Waals surface area contributed by atoms with Gasteiger partial charge in [-0.25, -0.2) is 9.98 Å². The molecule has 0 saturated carbocycles. The Morgan fingerprint density at radius 2 is 1.45 bits per heavy atom. The van der Waals surface area contributed by atoms with Crippen LogP contribution in [0.15, 0.2) is 116 Å². The minimum absolute atomic E-state index is 0.426. The van der Waals surface area contributed by atoms with E-state index in [2.05, 4.69) is 22.1 Å². The first-order valence-electron chi connectivity index (χ1n) is 9.04. The van der Waals surface area contributed by atoms with Crippen LogP contribution in [0.2, 0.25) is 0 Å². The molecule has 0 amide bonds. The van der Waals surface area contributed by atoms with Crippen LogP contribution >= 0.6 is 11.8 Å². The Hall–Kier alpha value is -2.93. The predicted octanol–water partition coefficient (Wildman–Crippen LogP) is 5.28. The van der Waals surface area contributed by atoms with Gasteiger partial charge < -0.3 is 4.55 Å². The zero-order valence-electron chi connectivity index (χ0n) is 15.2. The smallest absolute Gasteiger partial charge is 0.280 e. The quantitative estimate of drug-likeness (QED) is 0.298. The lowest BCUT2D eigenvalue weighted by molar-refractivity contribution is 0.590. The number of nitrogens with zero attached hydrogens (tertiary/aromatic N) is 3. The molecule has 4 nitrogen and oxygen atoms in total. The summed E-state index contributed by atoms with van der Waals surface area (Å²) >= 11 is 0.0763. The summed E-state index contributed by atoms with van der Waals surface area (Å²) in [6, 6.07) is 27.5. The van der Waals surface area contributed by atoms with Gasteiger partial charge >= 0.3 is 0 Å². The largest absolute Gasteiger partial charge is 0.605 e. The number of aliphatic imine (C=N–C) groups is 1. The maximum Gasteiger partial charge on any atom is 0.280 e. The fourth-order valence-electron chi connectivity index (χ4n) is 3.15. The van der Waals surface area contributed by atoms with Crippen LogP contribution in [-0.2, 0) is 11.2 Å². The van der Waals surface area contributed by atoms with Crippen molar-refractivity contribution < 1.29 is 4.55 Å². The van der Waals surface area contributed by atoms with Gasteiger partial charge in [-0.05, 0) is 18.2 Å². The van der Waals surface area contributed by atoms with E-state index in [0.717, 1.165) is 21.7 Å². The summed E-state index contributed by atoms with van der Waals surface area (Å²) in [6.07, 6.45) is 1.47. The molecule has 1 atom stereocenters. The zero-order valence-corrected chi connectivity index (χ0v) is 16.9. The summed E-state index contributed by atoms with van der Waals surface area (Å²) in [5.74, 6) is 0. The van der Waals surface area contributed by atoms with Crippen LogP contribution in [-0.4, -0.2) is 20.2 Å². The first-order chi connectivity index (χ1) is 14.3. The Morgan fingerprint density at radius 1 is 0.759 bits per heavy atom. The molecule has 0 bridgehead atoms. The number of rotatable bonds is 3. The van der Waals surface area contributed by atoms with E-state index in [1.54, 1.807) is 0 Å². The van der Waals surface area contributed by atoms with Gasteiger partial charge in [0.1, 0.15) is 11.4 Å². The summed E-state index contributed by atoms with van der Waals surface area (Å²) in [6.45, 7) is 0. The molecule has 3 aromatic carbocycles. The van der Waals surface area contributed by atoms with Crippen LogP contribution in [0.3, 0.4) is 0 Å². The van der Waals surface area contributed by atoms with Gasteiger partial charge in [-0.3, -0.25) is 0 Å². The molecule has 0 fully saturated rings. The Balaban J connectivity index is 1.74. The van der Waals surface area contributed by atoms with Gasteiger partial charge in [0.15, 0.2) is 10.6 Å². The fourth-order valence-corrected chi connectivity index (χ4v) is 5.27. The van der Waals surface area contributed by atoms with Gasteiger partial charge in [-0.15, -0.1) is 0 Å². The number of aromatic nitrogens is 2. The summed E-state index contributed by atoms with van der Waals surface area (Å²) in [5, 5.41) is 1.13. The lowest BCUT2D eigenvalue weighted by atomic mass is 10.0. The molecule has 0 radical (unpaired) electrons. The van der Waals surface area contributed by atoms with Gasteiger partial charge in [0.25, 0.3) is 5.03 Å². The molecule has 29 heavy (non-hydrogen) atoms. The molecule has 6 heteroatoms. The van der Waals surface area contributed by atoms with Crippen LogP contribution in [0.5, 0.6) is 0 Å². The summed E-state index contributed by atoms with van der Waals surface area (Å²) in [5.41, 5.74) is 3.41.